The highest BCUT2D eigenvalue weighted by atomic mass is 32.1. The first-order chi connectivity index (χ1) is 12.2. The molecule has 4 rings (SSSR count). The summed E-state index contributed by atoms with van der Waals surface area (Å²) in [7, 11) is 0. The fraction of sp³-hybridized carbons (Fsp3) is 0.333. The van der Waals surface area contributed by atoms with Gasteiger partial charge in [0, 0.05) is 35.9 Å². The van der Waals surface area contributed by atoms with Gasteiger partial charge >= 0.3 is 0 Å². The molecule has 2 atom stereocenters. The molecular weight excluding hydrogens is 336 g/mol. The number of carbonyl (C=O) groups is 1. The van der Waals surface area contributed by atoms with E-state index in [0.717, 1.165) is 36.1 Å². The Hall–Kier alpha value is -2.22. The highest BCUT2D eigenvalue weighted by Crippen LogP contribution is 2.17. The van der Waals surface area contributed by atoms with Gasteiger partial charge < -0.3 is 15.4 Å². The number of aromatic nitrogens is 2. The van der Waals surface area contributed by atoms with E-state index in [1.54, 1.807) is 11.3 Å². The predicted octanol–water partition coefficient (Wildman–Crippen LogP) is 1.99. The van der Waals surface area contributed by atoms with Crippen LogP contribution in [0.15, 0.2) is 41.2 Å². The number of benzene rings is 1. The van der Waals surface area contributed by atoms with E-state index in [4.69, 9.17) is 0 Å². The van der Waals surface area contributed by atoms with E-state index >= 15 is 0 Å². The Balaban J connectivity index is 1.37. The van der Waals surface area contributed by atoms with Crippen molar-refractivity contribution in [2.75, 3.05) is 13.1 Å². The first-order valence-corrected chi connectivity index (χ1v) is 9.29. The Morgan fingerprint density at radius 2 is 2.32 bits per heavy atom. The zero-order valence-electron chi connectivity index (χ0n) is 13.7. The maximum Gasteiger partial charge on any atom is 0.268 e. The predicted molar refractivity (Wildman–Crippen MR) is 97.6 cm³/mol. The van der Waals surface area contributed by atoms with Crippen LogP contribution in [0.1, 0.15) is 22.6 Å². The molecule has 0 bridgehead atoms. The van der Waals surface area contributed by atoms with Gasteiger partial charge in [0.2, 0.25) is 0 Å². The second-order valence-electron chi connectivity index (χ2n) is 6.42. The molecule has 3 aromatic rings. The van der Waals surface area contributed by atoms with E-state index in [1.165, 1.54) is 0 Å². The summed E-state index contributed by atoms with van der Waals surface area (Å²) in [6, 6.07) is 9.40. The summed E-state index contributed by atoms with van der Waals surface area (Å²) in [6.07, 6.45) is 0.137. The van der Waals surface area contributed by atoms with Crippen LogP contribution in [0, 0.1) is 0 Å². The van der Waals surface area contributed by atoms with Gasteiger partial charge in [-0.2, -0.15) is 0 Å². The van der Waals surface area contributed by atoms with Gasteiger partial charge in [-0.3, -0.25) is 9.69 Å². The Labute approximate surface area is 149 Å². The summed E-state index contributed by atoms with van der Waals surface area (Å²) in [6.45, 7) is 2.10. The third kappa shape index (κ3) is 3.58. The van der Waals surface area contributed by atoms with Gasteiger partial charge in [-0.05, 0) is 18.6 Å². The summed E-state index contributed by atoms with van der Waals surface area (Å²) in [5, 5.41) is 16.4. The van der Waals surface area contributed by atoms with Crippen molar-refractivity contribution in [1.82, 2.24) is 20.2 Å². The van der Waals surface area contributed by atoms with Gasteiger partial charge in [-0.15, -0.1) is 11.3 Å². The van der Waals surface area contributed by atoms with Crippen LogP contribution in [-0.4, -0.2) is 51.1 Å². The van der Waals surface area contributed by atoms with Gasteiger partial charge in [-0.1, -0.05) is 18.2 Å². The first-order valence-electron chi connectivity index (χ1n) is 8.35. The van der Waals surface area contributed by atoms with Crippen molar-refractivity contribution < 1.29 is 9.90 Å². The highest BCUT2D eigenvalue weighted by Gasteiger charge is 2.29. The lowest BCUT2D eigenvalue weighted by atomic mass is 10.0. The van der Waals surface area contributed by atoms with E-state index in [-0.39, 0.29) is 11.9 Å². The normalized spacial score (nSPS) is 21.5. The minimum Gasteiger partial charge on any atom is -0.390 e. The number of aromatic amines is 1. The van der Waals surface area contributed by atoms with Crippen LogP contribution in [0.2, 0.25) is 0 Å². The Morgan fingerprint density at radius 1 is 1.44 bits per heavy atom. The fourth-order valence-corrected chi connectivity index (χ4v) is 3.85. The second kappa shape index (κ2) is 6.95. The maximum absolute atomic E-state index is 12.5. The number of carbonyl (C=O) groups excluding carboxylic acids is 1. The lowest BCUT2D eigenvalue weighted by Crippen LogP contribution is -2.53. The maximum atomic E-state index is 12.5. The SMILES string of the molecule is O=C(N[C@@H]1CCN(Cc2cscn2)C[C@H]1O)c1cc2ccccc2[nH]1. The van der Waals surface area contributed by atoms with Crippen LogP contribution in [-0.2, 0) is 6.54 Å². The Kier molecular flexibility index (Phi) is 4.52. The molecule has 6 nitrogen and oxygen atoms in total. The van der Waals surface area contributed by atoms with Crippen LogP contribution in [0.25, 0.3) is 10.9 Å². The number of β-amino-alcohol motifs (C(OH)–C–C–N with tert-alkyl or cyclic N) is 1. The molecule has 3 N–H and O–H groups in total. The van der Waals surface area contributed by atoms with Crippen molar-refractivity contribution in [2.45, 2.75) is 25.1 Å². The van der Waals surface area contributed by atoms with E-state index in [9.17, 15) is 9.90 Å². The number of thiazole rings is 1. The van der Waals surface area contributed by atoms with Crippen LogP contribution < -0.4 is 5.32 Å². The molecule has 1 aliphatic heterocycles. The molecule has 0 aliphatic carbocycles. The monoisotopic (exact) mass is 356 g/mol. The molecule has 0 spiro atoms. The van der Waals surface area contributed by atoms with Crippen molar-refractivity contribution in [3.63, 3.8) is 0 Å². The molecule has 1 aromatic carbocycles. The van der Waals surface area contributed by atoms with Crippen molar-refractivity contribution >= 4 is 28.1 Å². The highest BCUT2D eigenvalue weighted by molar-refractivity contribution is 7.07. The lowest BCUT2D eigenvalue weighted by molar-refractivity contribution is 0.0345. The van der Waals surface area contributed by atoms with Gasteiger partial charge in [-0.25, -0.2) is 4.98 Å². The van der Waals surface area contributed by atoms with E-state index in [2.05, 4.69) is 20.2 Å². The van der Waals surface area contributed by atoms with Crippen molar-refractivity contribution in [3.05, 3.63) is 52.6 Å². The van der Waals surface area contributed by atoms with Crippen molar-refractivity contribution in [3.8, 4) is 0 Å². The fourth-order valence-electron chi connectivity index (χ4n) is 3.30. The molecule has 1 fully saturated rings. The van der Waals surface area contributed by atoms with Gasteiger partial charge in [0.15, 0.2) is 0 Å². The minimum absolute atomic E-state index is 0.173. The number of likely N-dealkylation sites (tertiary alicyclic amines) is 1. The number of aliphatic hydroxyl groups is 1. The molecule has 25 heavy (non-hydrogen) atoms. The number of piperidine rings is 1. The smallest absolute Gasteiger partial charge is 0.268 e. The number of H-pyrrole nitrogens is 1. The summed E-state index contributed by atoms with van der Waals surface area (Å²) in [5.41, 5.74) is 4.31. The van der Waals surface area contributed by atoms with Crippen LogP contribution >= 0.6 is 11.3 Å². The number of rotatable bonds is 4. The van der Waals surface area contributed by atoms with Gasteiger partial charge in [0.1, 0.15) is 5.69 Å². The average Bonchev–Trinajstić information content (AvgIpc) is 3.26. The third-order valence-corrected chi connectivity index (χ3v) is 5.26. The number of nitrogens with zero attached hydrogens (tertiary/aromatic N) is 2. The average molecular weight is 356 g/mol. The van der Waals surface area contributed by atoms with Crippen molar-refractivity contribution in [2.24, 2.45) is 0 Å². The third-order valence-electron chi connectivity index (χ3n) is 4.63. The Morgan fingerprint density at radius 3 is 3.08 bits per heavy atom. The standard InChI is InChI=1S/C18H20N4O2S/c23-17-9-22(8-13-10-25-11-19-13)6-5-15(17)21-18(24)16-7-12-3-1-2-4-14(12)20-16/h1-4,7,10-11,15,17,20,23H,5-6,8-9H2,(H,21,24)/t15-,17-/m1/s1. The summed E-state index contributed by atoms with van der Waals surface area (Å²) < 4.78 is 0. The van der Waals surface area contributed by atoms with E-state index in [0.29, 0.717) is 12.2 Å². The molecule has 1 saturated heterocycles. The van der Waals surface area contributed by atoms with Gasteiger partial charge in [0.05, 0.1) is 23.4 Å². The zero-order valence-corrected chi connectivity index (χ0v) is 14.5. The Bertz CT molecular complexity index is 828. The number of aliphatic hydroxyl groups excluding tert-OH is 1. The summed E-state index contributed by atoms with van der Waals surface area (Å²) in [5.74, 6) is -0.173. The van der Waals surface area contributed by atoms with Crippen LogP contribution in [0.5, 0.6) is 0 Å². The lowest BCUT2D eigenvalue weighted by Gasteiger charge is -2.35. The first kappa shape index (κ1) is 16.3. The van der Waals surface area contributed by atoms with E-state index in [1.807, 2.05) is 41.2 Å². The zero-order chi connectivity index (χ0) is 17.2. The van der Waals surface area contributed by atoms with Gasteiger partial charge in [0.25, 0.3) is 5.91 Å². The quantitative estimate of drug-likeness (QED) is 0.668. The number of nitrogens with one attached hydrogen (secondary N) is 2. The number of fused-ring (bicyclic) bond motifs is 1. The van der Waals surface area contributed by atoms with Crippen LogP contribution in [0.3, 0.4) is 0 Å². The number of hydrogen-bond donors (Lipinski definition) is 3. The number of amides is 1. The molecule has 7 heteroatoms. The molecule has 1 aliphatic rings. The second-order valence-corrected chi connectivity index (χ2v) is 7.14. The number of para-hydroxylation sites is 1. The molecule has 0 radical (unpaired) electrons. The number of hydrogen-bond acceptors (Lipinski definition) is 5. The molecule has 3 heterocycles. The minimum atomic E-state index is -0.583. The molecule has 1 amide bonds. The van der Waals surface area contributed by atoms with Crippen LogP contribution in [0.4, 0.5) is 0 Å². The molecule has 0 saturated carbocycles. The van der Waals surface area contributed by atoms with E-state index < -0.39 is 6.10 Å². The molecule has 130 valence electrons. The summed E-state index contributed by atoms with van der Waals surface area (Å²) in [4.78, 5) is 22.1. The molecule has 0 unspecified atom stereocenters. The topological polar surface area (TPSA) is 81.2 Å². The molecule has 2 aromatic heterocycles. The summed E-state index contributed by atoms with van der Waals surface area (Å²) >= 11 is 1.58. The largest absolute Gasteiger partial charge is 0.390 e. The molecular formula is C18H20N4O2S. The van der Waals surface area contributed by atoms with Crippen molar-refractivity contribution in [1.29, 1.82) is 0 Å².